The van der Waals surface area contributed by atoms with Crippen molar-refractivity contribution in [1.29, 1.82) is 0 Å². The van der Waals surface area contributed by atoms with E-state index in [0.717, 1.165) is 6.42 Å². The van der Waals surface area contributed by atoms with Crippen LogP contribution in [0.25, 0.3) is 0 Å². The van der Waals surface area contributed by atoms with Crippen molar-refractivity contribution in [3.05, 3.63) is 0 Å². The van der Waals surface area contributed by atoms with Crippen molar-refractivity contribution in [2.24, 2.45) is 5.92 Å². The van der Waals surface area contributed by atoms with Crippen LogP contribution >= 0.6 is 0 Å². The third-order valence-corrected chi connectivity index (χ3v) is 1.80. The number of aliphatic hydroxyl groups excluding tert-OH is 1. The van der Waals surface area contributed by atoms with Gasteiger partial charge in [0.2, 0.25) is 0 Å². The molecule has 60 valence electrons. The highest BCUT2D eigenvalue weighted by atomic mass is 16.3. The van der Waals surface area contributed by atoms with Gasteiger partial charge in [-0.3, -0.25) is 4.79 Å². The Hall–Kier alpha value is -0.370. The van der Waals surface area contributed by atoms with Crippen molar-refractivity contribution >= 4 is 5.78 Å². The molecule has 0 rings (SSSR count). The summed E-state index contributed by atoms with van der Waals surface area (Å²) in [4.78, 5) is 10.5. The van der Waals surface area contributed by atoms with Crippen LogP contribution in [0.4, 0.5) is 0 Å². The van der Waals surface area contributed by atoms with E-state index in [0.29, 0.717) is 6.42 Å². The molecule has 2 atom stereocenters. The average Bonchev–Trinajstić information content (AvgIpc) is 1.85. The SMILES string of the molecule is CCC(C)C(O)CC(C)=O. The number of ketones is 1. The van der Waals surface area contributed by atoms with E-state index < -0.39 is 6.10 Å². The second-order valence-corrected chi connectivity index (χ2v) is 2.86. The monoisotopic (exact) mass is 144 g/mol. The Morgan fingerprint density at radius 1 is 1.60 bits per heavy atom. The van der Waals surface area contributed by atoms with Crippen LogP contribution in [0, 0.1) is 5.92 Å². The maximum Gasteiger partial charge on any atom is 0.132 e. The Morgan fingerprint density at radius 3 is 2.40 bits per heavy atom. The lowest BCUT2D eigenvalue weighted by Gasteiger charge is -2.14. The third-order valence-electron chi connectivity index (χ3n) is 1.80. The molecule has 0 fully saturated rings. The van der Waals surface area contributed by atoms with Gasteiger partial charge in [0.15, 0.2) is 0 Å². The lowest BCUT2D eigenvalue weighted by atomic mass is 9.98. The lowest BCUT2D eigenvalue weighted by molar-refractivity contribution is -0.119. The minimum atomic E-state index is -0.442. The van der Waals surface area contributed by atoms with Crippen LogP contribution in [0.5, 0.6) is 0 Å². The summed E-state index contributed by atoms with van der Waals surface area (Å²) >= 11 is 0. The Balaban J connectivity index is 3.61. The van der Waals surface area contributed by atoms with Crippen LogP contribution in [0.15, 0.2) is 0 Å². The van der Waals surface area contributed by atoms with E-state index in [9.17, 15) is 9.90 Å². The fraction of sp³-hybridized carbons (Fsp3) is 0.875. The fourth-order valence-electron chi connectivity index (χ4n) is 0.768. The quantitative estimate of drug-likeness (QED) is 0.647. The van der Waals surface area contributed by atoms with Crippen molar-refractivity contribution < 1.29 is 9.90 Å². The zero-order chi connectivity index (χ0) is 8.15. The van der Waals surface area contributed by atoms with Crippen LogP contribution in [0.2, 0.25) is 0 Å². The van der Waals surface area contributed by atoms with Gasteiger partial charge in [-0.25, -0.2) is 0 Å². The van der Waals surface area contributed by atoms with Gasteiger partial charge in [0.1, 0.15) is 5.78 Å². The highest BCUT2D eigenvalue weighted by Crippen LogP contribution is 2.10. The topological polar surface area (TPSA) is 37.3 Å². The number of rotatable bonds is 4. The maximum absolute atomic E-state index is 10.5. The molecule has 0 bridgehead atoms. The second kappa shape index (κ2) is 4.45. The minimum Gasteiger partial charge on any atom is -0.392 e. The first-order valence-electron chi connectivity index (χ1n) is 3.75. The summed E-state index contributed by atoms with van der Waals surface area (Å²) in [5, 5.41) is 9.27. The maximum atomic E-state index is 10.5. The smallest absolute Gasteiger partial charge is 0.132 e. The van der Waals surface area contributed by atoms with E-state index in [4.69, 9.17) is 0 Å². The zero-order valence-electron chi connectivity index (χ0n) is 6.92. The van der Waals surface area contributed by atoms with E-state index in [2.05, 4.69) is 0 Å². The fourth-order valence-corrected chi connectivity index (χ4v) is 0.768. The molecule has 0 aliphatic rings. The molecule has 0 spiro atoms. The molecular weight excluding hydrogens is 128 g/mol. The van der Waals surface area contributed by atoms with Crippen molar-refractivity contribution in [3.8, 4) is 0 Å². The van der Waals surface area contributed by atoms with Crippen molar-refractivity contribution in [2.45, 2.75) is 39.7 Å². The summed E-state index contributed by atoms with van der Waals surface area (Å²) in [6.07, 6.45) is 0.784. The number of hydrogen-bond donors (Lipinski definition) is 1. The summed E-state index contributed by atoms with van der Waals surface area (Å²) < 4.78 is 0. The number of hydrogen-bond acceptors (Lipinski definition) is 2. The van der Waals surface area contributed by atoms with Gasteiger partial charge in [0.25, 0.3) is 0 Å². The van der Waals surface area contributed by atoms with Crippen molar-refractivity contribution in [2.75, 3.05) is 0 Å². The first-order chi connectivity index (χ1) is 4.57. The number of carbonyl (C=O) groups excluding carboxylic acids is 1. The van der Waals surface area contributed by atoms with Gasteiger partial charge in [0, 0.05) is 6.42 Å². The van der Waals surface area contributed by atoms with E-state index in [1.165, 1.54) is 6.92 Å². The third kappa shape index (κ3) is 3.62. The average molecular weight is 144 g/mol. The second-order valence-electron chi connectivity index (χ2n) is 2.86. The van der Waals surface area contributed by atoms with Crippen molar-refractivity contribution in [3.63, 3.8) is 0 Å². The largest absolute Gasteiger partial charge is 0.392 e. The Kier molecular flexibility index (Phi) is 4.28. The highest BCUT2D eigenvalue weighted by molar-refractivity contribution is 5.75. The van der Waals surface area contributed by atoms with Gasteiger partial charge in [-0.05, 0) is 12.8 Å². The van der Waals surface area contributed by atoms with Gasteiger partial charge in [-0.15, -0.1) is 0 Å². The summed E-state index contributed by atoms with van der Waals surface area (Å²) in [5.74, 6) is 0.303. The first kappa shape index (κ1) is 9.63. The van der Waals surface area contributed by atoms with E-state index in [1.54, 1.807) is 0 Å². The Labute approximate surface area is 62.2 Å². The van der Waals surface area contributed by atoms with Crippen molar-refractivity contribution in [1.82, 2.24) is 0 Å². The molecule has 0 saturated carbocycles. The molecule has 0 aliphatic heterocycles. The molecule has 0 amide bonds. The lowest BCUT2D eigenvalue weighted by Crippen LogP contribution is -2.19. The molecular formula is C8H16O2. The predicted octanol–water partition coefficient (Wildman–Crippen LogP) is 1.37. The van der Waals surface area contributed by atoms with E-state index >= 15 is 0 Å². The van der Waals surface area contributed by atoms with Gasteiger partial charge >= 0.3 is 0 Å². The number of Topliss-reactive ketones (excluding diaryl/α,β-unsaturated/α-hetero) is 1. The summed E-state index contributed by atoms with van der Waals surface area (Å²) in [5.41, 5.74) is 0. The Bertz CT molecular complexity index is 110. The molecule has 1 N–H and O–H groups in total. The normalized spacial score (nSPS) is 16.4. The van der Waals surface area contributed by atoms with Crippen LogP contribution < -0.4 is 0 Å². The summed E-state index contributed by atoms with van der Waals surface area (Å²) in [7, 11) is 0. The summed E-state index contributed by atoms with van der Waals surface area (Å²) in [6.45, 7) is 5.47. The molecule has 0 aromatic rings. The number of carbonyl (C=O) groups is 1. The molecule has 10 heavy (non-hydrogen) atoms. The van der Waals surface area contributed by atoms with Crippen LogP contribution in [-0.2, 0) is 4.79 Å². The molecule has 2 unspecified atom stereocenters. The van der Waals surface area contributed by atoms with E-state index in [-0.39, 0.29) is 11.7 Å². The van der Waals surface area contributed by atoms with Gasteiger partial charge < -0.3 is 5.11 Å². The number of aliphatic hydroxyl groups is 1. The summed E-state index contributed by atoms with van der Waals surface area (Å²) in [6, 6.07) is 0. The van der Waals surface area contributed by atoms with Gasteiger partial charge in [-0.2, -0.15) is 0 Å². The first-order valence-corrected chi connectivity index (χ1v) is 3.75. The van der Waals surface area contributed by atoms with Crippen LogP contribution in [0.3, 0.4) is 0 Å². The standard InChI is InChI=1S/C8H16O2/c1-4-6(2)8(10)5-7(3)9/h6,8,10H,4-5H2,1-3H3. The van der Waals surface area contributed by atoms with E-state index in [1.807, 2.05) is 13.8 Å². The van der Waals surface area contributed by atoms with Gasteiger partial charge in [-0.1, -0.05) is 20.3 Å². The minimum absolute atomic E-state index is 0.0628. The molecule has 0 saturated heterocycles. The van der Waals surface area contributed by atoms with Crippen LogP contribution in [0.1, 0.15) is 33.6 Å². The molecule has 2 heteroatoms. The molecule has 2 nitrogen and oxygen atoms in total. The molecule has 0 aliphatic carbocycles. The zero-order valence-corrected chi connectivity index (χ0v) is 6.92. The predicted molar refractivity (Wildman–Crippen MR) is 40.8 cm³/mol. The molecule has 0 aromatic heterocycles. The molecule has 0 radical (unpaired) electrons. The Morgan fingerprint density at radius 2 is 2.10 bits per heavy atom. The highest BCUT2D eigenvalue weighted by Gasteiger charge is 2.13. The molecule has 0 heterocycles. The van der Waals surface area contributed by atoms with Gasteiger partial charge in [0.05, 0.1) is 6.10 Å². The molecule has 0 aromatic carbocycles. The van der Waals surface area contributed by atoms with Crippen LogP contribution in [-0.4, -0.2) is 17.0 Å².